The van der Waals surface area contributed by atoms with E-state index in [-0.39, 0.29) is 34.2 Å². The number of allylic oxidation sites excluding steroid dienone is 2. The molecule has 244 valence electrons. The van der Waals surface area contributed by atoms with Gasteiger partial charge in [-0.05, 0) is 113 Å². The molecule has 1 aliphatic heterocycles. The van der Waals surface area contributed by atoms with Gasteiger partial charge in [0.15, 0.2) is 6.29 Å². The van der Waals surface area contributed by atoms with Gasteiger partial charge < -0.3 is 35.0 Å². The standard InChI is InChI=1S/C35H56O8/c1-19(2)9-8-10-20(3)27-21-11-12-24-32(4)15-14-26(37)35(7,31(40)41)25(32)13-16-33(24,5)34(21,6)17-22(27)42-30-29(39)28(38)23(18-36)43-30/h9,21-30,36-39H,3,8,10-18H2,1-2,4-7H3,(H,40,41)/t21-,22-,23+,24-,25-,26+,27-,28+,29-,30-,32-,33-,34-,35+/m1/s1. The molecule has 0 aromatic heterocycles. The van der Waals surface area contributed by atoms with Gasteiger partial charge in [-0.25, -0.2) is 0 Å². The lowest BCUT2D eigenvalue weighted by Gasteiger charge is -2.69. The normalized spacial score (nSPS) is 50.8. The van der Waals surface area contributed by atoms with E-state index in [1.54, 1.807) is 6.92 Å². The number of hydrogen-bond donors (Lipinski definition) is 5. The van der Waals surface area contributed by atoms with Crippen LogP contribution in [-0.4, -0.2) is 74.9 Å². The molecule has 1 heterocycles. The smallest absolute Gasteiger partial charge is 0.312 e. The molecular formula is C35H56O8. The molecule has 14 atom stereocenters. The topological polar surface area (TPSA) is 137 Å². The van der Waals surface area contributed by atoms with Gasteiger partial charge in [0.25, 0.3) is 0 Å². The number of carboxylic acid groups (broad SMARTS) is 1. The van der Waals surface area contributed by atoms with Crippen molar-refractivity contribution in [3.8, 4) is 0 Å². The minimum atomic E-state index is -1.24. The van der Waals surface area contributed by atoms with E-state index < -0.39 is 48.7 Å². The molecule has 8 heteroatoms. The summed E-state index contributed by atoms with van der Waals surface area (Å²) in [5.41, 5.74) is 0.839. The summed E-state index contributed by atoms with van der Waals surface area (Å²) in [4.78, 5) is 12.7. The average Bonchev–Trinajstić information content (AvgIpc) is 3.39. The van der Waals surface area contributed by atoms with Gasteiger partial charge in [-0.1, -0.05) is 44.6 Å². The molecule has 0 unspecified atom stereocenters. The summed E-state index contributed by atoms with van der Waals surface area (Å²) in [5, 5.41) is 52.2. The lowest BCUT2D eigenvalue weighted by molar-refractivity contribution is -0.230. The van der Waals surface area contributed by atoms with E-state index in [0.29, 0.717) is 18.3 Å². The lowest BCUT2D eigenvalue weighted by Crippen LogP contribution is -2.65. The van der Waals surface area contributed by atoms with Crippen LogP contribution in [0.2, 0.25) is 0 Å². The maximum Gasteiger partial charge on any atom is 0.312 e. The average molecular weight is 605 g/mol. The third-order valence-electron chi connectivity index (χ3n) is 13.8. The molecule has 5 aliphatic rings. The molecule has 8 nitrogen and oxygen atoms in total. The van der Waals surface area contributed by atoms with Crippen molar-refractivity contribution in [3.63, 3.8) is 0 Å². The quantitative estimate of drug-likeness (QED) is 0.249. The van der Waals surface area contributed by atoms with Gasteiger partial charge in [0, 0.05) is 5.92 Å². The Morgan fingerprint density at radius 1 is 0.977 bits per heavy atom. The molecule has 5 rings (SSSR count). The fraction of sp³-hybridized carbons (Fsp3) is 0.857. The van der Waals surface area contributed by atoms with Crippen LogP contribution in [0, 0.1) is 45.3 Å². The molecule has 5 N–H and O–H groups in total. The maximum atomic E-state index is 12.7. The van der Waals surface area contributed by atoms with Gasteiger partial charge >= 0.3 is 5.97 Å². The summed E-state index contributed by atoms with van der Waals surface area (Å²) in [6.07, 6.45) is 4.20. The molecule has 0 aromatic rings. The van der Waals surface area contributed by atoms with E-state index in [2.05, 4.69) is 47.3 Å². The maximum absolute atomic E-state index is 12.7. The summed E-state index contributed by atoms with van der Waals surface area (Å²) in [6.45, 7) is 17.3. The van der Waals surface area contributed by atoms with E-state index in [4.69, 9.17) is 9.47 Å². The van der Waals surface area contributed by atoms with Crippen molar-refractivity contribution < 1.29 is 39.8 Å². The molecule has 0 bridgehead atoms. The number of hydrogen-bond acceptors (Lipinski definition) is 7. The van der Waals surface area contributed by atoms with E-state index in [1.165, 1.54) is 5.57 Å². The Hall–Kier alpha value is -1.29. The zero-order chi connectivity index (χ0) is 31.7. The number of carboxylic acids is 1. The fourth-order valence-electron chi connectivity index (χ4n) is 11.3. The molecule has 5 fully saturated rings. The Kier molecular flexibility index (Phi) is 8.85. The van der Waals surface area contributed by atoms with Crippen molar-refractivity contribution in [2.24, 2.45) is 45.3 Å². The van der Waals surface area contributed by atoms with Crippen LogP contribution in [0.4, 0.5) is 0 Å². The van der Waals surface area contributed by atoms with Crippen LogP contribution in [0.25, 0.3) is 0 Å². The number of aliphatic hydroxyl groups is 4. The first-order valence-electron chi connectivity index (χ1n) is 16.6. The second-order valence-corrected chi connectivity index (χ2v) is 15.9. The summed E-state index contributed by atoms with van der Waals surface area (Å²) < 4.78 is 12.4. The van der Waals surface area contributed by atoms with Crippen LogP contribution in [0.5, 0.6) is 0 Å². The van der Waals surface area contributed by atoms with E-state index in [9.17, 15) is 30.3 Å². The first kappa shape index (κ1) is 33.1. The van der Waals surface area contributed by atoms with Crippen LogP contribution in [-0.2, 0) is 14.3 Å². The Bertz CT molecular complexity index is 1120. The Morgan fingerprint density at radius 3 is 2.28 bits per heavy atom. The van der Waals surface area contributed by atoms with Crippen LogP contribution in [0.15, 0.2) is 23.8 Å². The van der Waals surface area contributed by atoms with Crippen LogP contribution in [0.3, 0.4) is 0 Å². The van der Waals surface area contributed by atoms with Gasteiger partial charge in [0.2, 0.25) is 0 Å². The van der Waals surface area contributed by atoms with Crippen molar-refractivity contribution in [3.05, 3.63) is 23.8 Å². The molecule has 0 spiro atoms. The zero-order valence-electron chi connectivity index (χ0n) is 27.1. The molecule has 0 radical (unpaired) electrons. The highest BCUT2D eigenvalue weighted by molar-refractivity contribution is 5.76. The predicted molar refractivity (Wildman–Crippen MR) is 163 cm³/mol. The van der Waals surface area contributed by atoms with Gasteiger partial charge in [0.1, 0.15) is 18.3 Å². The Morgan fingerprint density at radius 2 is 1.67 bits per heavy atom. The number of aliphatic hydroxyl groups excluding tert-OH is 4. The molecule has 43 heavy (non-hydrogen) atoms. The minimum absolute atomic E-state index is 0.0532. The number of carbonyl (C=O) groups is 1. The van der Waals surface area contributed by atoms with E-state index in [1.807, 2.05) is 0 Å². The predicted octanol–water partition coefficient (Wildman–Crippen LogP) is 4.83. The highest BCUT2D eigenvalue weighted by Crippen LogP contribution is 2.76. The van der Waals surface area contributed by atoms with Crippen molar-refractivity contribution >= 4 is 5.97 Å². The molecule has 4 saturated carbocycles. The molecular weight excluding hydrogens is 548 g/mol. The van der Waals surface area contributed by atoms with E-state index in [0.717, 1.165) is 56.9 Å². The highest BCUT2D eigenvalue weighted by atomic mass is 16.7. The number of aliphatic carboxylic acids is 1. The van der Waals surface area contributed by atoms with Crippen molar-refractivity contribution in [2.45, 2.75) is 136 Å². The Balaban J connectivity index is 1.49. The van der Waals surface area contributed by atoms with Gasteiger partial charge in [-0.15, -0.1) is 0 Å². The SMILES string of the molecule is C=C(CCC=C(C)C)[C@@H]1[C@H]2CC[C@@H]3[C@@]4(C)CC[C@H](O)[C@@](C)(C(=O)O)[C@@H]4CC[C@@]3(C)[C@]2(C)C[C@H]1O[C@@H]1O[C@@H](CO)[C@H](O)[C@H]1O. The van der Waals surface area contributed by atoms with Crippen LogP contribution >= 0.6 is 0 Å². The van der Waals surface area contributed by atoms with Gasteiger partial charge in [0.05, 0.1) is 24.2 Å². The second kappa shape index (κ2) is 11.5. The summed E-state index contributed by atoms with van der Waals surface area (Å²) >= 11 is 0. The number of fused-ring (bicyclic) bond motifs is 5. The van der Waals surface area contributed by atoms with Crippen molar-refractivity contribution in [1.82, 2.24) is 0 Å². The van der Waals surface area contributed by atoms with Crippen molar-refractivity contribution in [2.75, 3.05) is 6.61 Å². The van der Waals surface area contributed by atoms with E-state index >= 15 is 0 Å². The largest absolute Gasteiger partial charge is 0.481 e. The summed E-state index contributed by atoms with van der Waals surface area (Å²) in [6, 6.07) is 0. The lowest BCUT2D eigenvalue weighted by atomic mass is 9.35. The molecule has 0 aromatic carbocycles. The second-order valence-electron chi connectivity index (χ2n) is 15.9. The first-order chi connectivity index (χ1) is 20.1. The minimum Gasteiger partial charge on any atom is -0.481 e. The first-order valence-corrected chi connectivity index (χ1v) is 16.6. The van der Waals surface area contributed by atoms with Crippen LogP contribution < -0.4 is 0 Å². The number of ether oxygens (including phenoxy) is 2. The molecule has 0 amide bonds. The third-order valence-corrected chi connectivity index (χ3v) is 13.8. The van der Waals surface area contributed by atoms with Gasteiger partial charge in [-0.2, -0.15) is 0 Å². The highest BCUT2D eigenvalue weighted by Gasteiger charge is 2.71. The summed E-state index contributed by atoms with van der Waals surface area (Å²) in [7, 11) is 0. The third kappa shape index (κ3) is 4.89. The van der Waals surface area contributed by atoms with Crippen molar-refractivity contribution in [1.29, 1.82) is 0 Å². The summed E-state index contributed by atoms with van der Waals surface area (Å²) in [5.74, 6) is -0.326. The molecule has 1 saturated heterocycles. The monoisotopic (exact) mass is 604 g/mol. The molecule has 4 aliphatic carbocycles. The zero-order valence-corrected chi connectivity index (χ0v) is 27.1. The fourth-order valence-corrected chi connectivity index (χ4v) is 11.3. The van der Waals surface area contributed by atoms with Gasteiger partial charge in [-0.3, -0.25) is 4.79 Å². The Labute approximate surface area is 257 Å². The number of rotatable bonds is 8. The van der Waals surface area contributed by atoms with Crippen LogP contribution in [0.1, 0.15) is 99.3 Å².